The average molecular weight is 324 g/mol. The summed E-state index contributed by atoms with van der Waals surface area (Å²) in [6, 6.07) is 11.3. The summed E-state index contributed by atoms with van der Waals surface area (Å²) >= 11 is 0. The minimum atomic E-state index is -4.80. The van der Waals surface area contributed by atoms with E-state index in [-0.39, 0.29) is 13.1 Å². The molecule has 23 heavy (non-hydrogen) atoms. The number of rotatable bonds is 2. The average Bonchev–Trinajstić information content (AvgIpc) is 3.08. The van der Waals surface area contributed by atoms with Crippen molar-refractivity contribution in [1.82, 2.24) is 4.90 Å². The molecule has 2 heterocycles. The number of benzene rings is 1. The number of nitrogens with zero attached hydrogens (tertiary/aromatic N) is 2. The fraction of sp³-hybridized carbons (Fsp3) is 0.312. The number of anilines is 1. The Balaban J connectivity index is 1.63. The van der Waals surface area contributed by atoms with Gasteiger partial charge in [-0.05, 0) is 36.4 Å². The Hall–Kier alpha value is -2.44. The molecule has 0 bridgehead atoms. The summed E-state index contributed by atoms with van der Waals surface area (Å²) in [5.41, 5.74) is 1.85. The van der Waals surface area contributed by atoms with Gasteiger partial charge >= 0.3 is 12.1 Å². The van der Waals surface area contributed by atoms with Gasteiger partial charge in [0.1, 0.15) is 5.76 Å². The zero-order chi connectivity index (χ0) is 16.4. The van der Waals surface area contributed by atoms with Gasteiger partial charge in [-0.15, -0.1) is 0 Å². The quantitative estimate of drug-likeness (QED) is 0.851. The Kier molecular flexibility index (Phi) is 4.02. The standard InChI is InChI=1S/C16H15F3N2O2/c17-16(18,19)15(22)21-9-7-20(8-10-21)13-5-3-12(4-6-13)14-2-1-11-23-14/h1-6,11H,7-10H2. The van der Waals surface area contributed by atoms with Gasteiger partial charge in [-0.3, -0.25) is 4.79 Å². The largest absolute Gasteiger partial charge is 0.471 e. The third kappa shape index (κ3) is 3.33. The van der Waals surface area contributed by atoms with Gasteiger partial charge in [0, 0.05) is 37.4 Å². The van der Waals surface area contributed by atoms with Gasteiger partial charge in [0.05, 0.1) is 6.26 Å². The molecule has 2 aromatic rings. The maximum absolute atomic E-state index is 12.4. The molecule has 0 aliphatic carbocycles. The second-order valence-electron chi connectivity index (χ2n) is 5.30. The number of carbonyl (C=O) groups is 1. The first-order valence-electron chi connectivity index (χ1n) is 7.20. The molecule has 0 spiro atoms. The molecule has 0 unspecified atom stereocenters. The minimum Gasteiger partial charge on any atom is -0.464 e. The van der Waals surface area contributed by atoms with E-state index in [2.05, 4.69) is 0 Å². The predicted molar refractivity (Wildman–Crippen MR) is 79.0 cm³/mol. The molecule has 1 fully saturated rings. The Morgan fingerprint density at radius 1 is 1.00 bits per heavy atom. The molecular formula is C16H15F3N2O2. The van der Waals surface area contributed by atoms with E-state index >= 15 is 0 Å². The van der Waals surface area contributed by atoms with Crippen molar-refractivity contribution in [2.45, 2.75) is 6.18 Å². The van der Waals surface area contributed by atoms with Gasteiger partial charge in [0.2, 0.25) is 0 Å². The molecule has 4 nitrogen and oxygen atoms in total. The zero-order valence-corrected chi connectivity index (χ0v) is 12.2. The molecule has 1 amide bonds. The Morgan fingerprint density at radius 3 is 2.17 bits per heavy atom. The van der Waals surface area contributed by atoms with E-state index in [1.165, 1.54) is 0 Å². The van der Waals surface area contributed by atoms with Crippen LogP contribution in [0.5, 0.6) is 0 Å². The van der Waals surface area contributed by atoms with E-state index in [0.717, 1.165) is 21.9 Å². The number of alkyl halides is 3. The molecule has 0 radical (unpaired) electrons. The first-order valence-corrected chi connectivity index (χ1v) is 7.20. The maximum Gasteiger partial charge on any atom is 0.471 e. The fourth-order valence-electron chi connectivity index (χ4n) is 2.63. The van der Waals surface area contributed by atoms with E-state index < -0.39 is 12.1 Å². The number of furan rings is 1. The van der Waals surface area contributed by atoms with Gasteiger partial charge in [0.15, 0.2) is 0 Å². The van der Waals surface area contributed by atoms with Gasteiger partial charge in [-0.25, -0.2) is 0 Å². The highest BCUT2D eigenvalue weighted by molar-refractivity contribution is 5.82. The van der Waals surface area contributed by atoms with Gasteiger partial charge in [-0.1, -0.05) is 0 Å². The Labute approximate surface area is 131 Å². The molecule has 0 saturated carbocycles. The first kappa shape index (κ1) is 15.5. The maximum atomic E-state index is 12.4. The number of halogens is 3. The Bertz CT molecular complexity index is 658. The summed E-state index contributed by atoms with van der Waals surface area (Å²) in [4.78, 5) is 14.0. The van der Waals surface area contributed by atoms with Crippen molar-refractivity contribution in [2.75, 3.05) is 31.1 Å². The van der Waals surface area contributed by atoms with Crippen molar-refractivity contribution in [3.8, 4) is 11.3 Å². The van der Waals surface area contributed by atoms with E-state index in [4.69, 9.17) is 4.42 Å². The second kappa shape index (κ2) is 5.98. The van der Waals surface area contributed by atoms with Crippen LogP contribution in [0.1, 0.15) is 0 Å². The fourth-order valence-corrected chi connectivity index (χ4v) is 2.63. The number of hydrogen-bond donors (Lipinski definition) is 0. The lowest BCUT2D eigenvalue weighted by molar-refractivity contribution is -0.185. The summed E-state index contributed by atoms with van der Waals surface area (Å²) in [6.07, 6.45) is -3.20. The van der Waals surface area contributed by atoms with Crippen molar-refractivity contribution >= 4 is 11.6 Å². The lowest BCUT2D eigenvalue weighted by Crippen LogP contribution is -2.52. The van der Waals surface area contributed by atoms with Crippen LogP contribution in [0.4, 0.5) is 18.9 Å². The number of piperazine rings is 1. The summed E-state index contributed by atoms with van der Waals surface area (Å²) < 4.78 is 42.6. The van der Waals surface area contributed by atoms with Crippen LogP contribution in [0.25, 0.3) is 11.3 Å². The molecule has 0 N–H and O–H groups in total. The third-order valence-corrected chi connectivity index (χ3v) is 3.85. The van der Waals surface area contributed by atoms with Crippen LogP contribution in [0.15, 0.2) is 47.1 Å². The van der Waals surface area contributed by atoms with E-state index in [1.807, 2.05) is 35.2 Å². The summed E-state index contributed by atoms with van der Waals surface area (Å²) in [5.74, 6) is -0.998. The predicted octanol–water partition coefficient (Wildman–Crippen LogP) is 3.16. The SMILES string of the molecule is O=C(N1CCN(c2ccc(-c3ccco3)cc2)CC1)C(F)(F)F. The van der Waals surface area contributed by atoms with Gasteiger partial charge in [0.25, 0.3) is 0 Å². The number of amides is 1. The van der Waals surface area contributed by atoms with Crippen LogP contribution >= 0.6 is 0 Å². The number of hydrogen-bond acceptors (Lipinski definition) is 3. The smallest absolute Gasteiger partial charge is 0.464 e. The summed E-state index contributed by atoms with van der Waals surface area (Å²) in [5, 5.41) is 0. The Morgan fingerprint density at radius 2 is 1.65 bits per heavy atom. The van der Waals surface area contributed by atoms with Crippen LogP contribution in [0.2, 0.25) is 0 Å². The van der Waals surface area contributed by atoms with Crippen LogP contribution in [0, 0.1) is 0 Å². The van der Waals surface area contributed by atoms with Gasteiger partial charge < -0.3 is 14.2 Å². The second-order valence-corrected chi connectivity index (χ2v) is 5.30. The van der Waals surface area contributed by atoms with E-state index in [0.29, 0.717) is 13.1 Å². The van der Waals surface area contributed by atoms with Crippen LogP contribution in [-0.2, 0) is 4.79 Å². The van der Waals surface area contributed by atoms with Crippen LogP contribution < -0.4 is 4.90 Å². The molecule has 7 heteroatoms. The highest BCUT2D eigenvalue weighted by Gasteiger charge is 2.43. The molecular weight excluding hydrogens is 309 g/mol. The summed E-state index contributed by atoms with van der Waals surface area (Å²) in [6.45, 7) is 0.889. The lowest BCUT2D eigenvalue weighted by atomic mass is 10.1. The zero-order valence-electron chi connectivity index (χ0n) is 12.2. The first-order chi connectivity index (χ1) is 10.9. The topological polar surface area (TPSA) is 36.7 Å². The van der Waals surface area contributed by atoms with Crippen molar-refractivity contribution in [3.63, 3.8) is 0 Å². The summed E-state index contributed by atoms with van der Waals surface area (Å²) in [7, 11) is 0. The molecule has 0 atom stereocenters. The molecule has 122 valence electrons. The van der Waals surface area contributed by atoms with E-state index in [1.54, 1.807) is 12.3 Å². The highest BCUT2D eigenvalue weighted by atomic mass is 19.4. The molecule has 1 aromatic heterocycles. The van der Waals surface area contributed by atoms with Crippen LogP contribution in [0.3, 0.4) is 0 Å². The van der Waals surface area contributed by atoms with Crippen molar-refractivity contribution in [1.29, 1.82) is 0 Å². The number of carbonyl (C=O) groups excluding carboxylic acids is 1. The molecule has 1 aliphatic rings. The normalized spacial score (nSPS) is 15.8. The van der Waals surface area contributed by atoms with Crippen LogP contribution in [-0.4, -0.2) is 43.2 Å². The molecule has 3 rings (SSSR count). The van der Waals surface area contributed by atoms with Crippen molar-refractivity contribution in [3.05, 3.63) is 42.7 Å². The third-order valence-electron chi connectivity index (χ3n) is 3.85. The molecule has 1 saturated heterocycles. The van der Waals surface area contributed by atoms with E-state index in [9.17, 15) is 18.0 Å². The van der Waals surface area contributed by atoms with Gasteiger partial charge in [-0.2, -0.15) is 13.2 Å². The monoisotopic (exact) mass is 324 g/mol. The van der Waals surface area contributed by atoms with Crippen molar-refractivity contribution < 1.29 is 22.4 Å². The van der Waals surface area contributed by atoms with Crippen molar-refractivity contribution in [2.24, 2.45) is 0 Å². The molecule has 1 aliphatic heterocycles. The molecule has 1 aromatic carbocycles. The minimum absolute atomic E-state index is 0.0677. The highest BCUT2D eigenvalue weighted by Crippen LogP contribution is 2.25. The lowest BCUT2D eigenvalue weighted by Gasteiger charge is -2.36.